The van der Waals surface area contributed by atoms with Crippen molar-refractivity contribution < 1.29 is 19.1 Å². The number of hydrogen-bond donors (Lipinski definition) is 1. The normalized spacial score (nSPS) is 11.0. The molecule has 138 valence electrons. The third-order valence-electron chi connectivity index (χ3n) is 3.47. The third-order valence-corrected chi connectivity index (χ3v) is 3.72. The van der Waals surface area contributed by atoms with Crippen LogP contribution in [-0.2, 0) is 11.2 Å². The van der Waals surface area contributed by atoms with E-state index in [1.807, 2.05) is 0 Å². The SMILES string of the molecule is COc1ccc(CC(=O)c2ccc(Cl)cc2)c(NC(=O)OC(C)(C)C)c1. The predicted octanol–water partition coefficient (Wildman–Crippen LogP) is 5.12. The molecule has 2 rings (SSSR count). The van der Waals surface area contributed by atoms with Crippen molar-refractivity contribution in [2.75, 3.05) is 12.4 Å². The number of nitrogens with one attached hydrogen (secondary N) is 1. The van der Waals surface area contributed by atoms with Gasteiger partial charge in [-0.2, -0.15) is 0 Å². The Balaban J connectivity index is 2.23. The van der Waals surface area contributed by atoms with E-state index >= 15 is 0 Å². The Kier molecular flexibility index (Phi) is 6.27. The Morgan fingerprint density at radius 3 is 2.31 bits per heavy atom. The standard InChI is InChI=1S/C20H22ClNO4/c1-20(2,3)26-19(24)22-17-12-16(25-4)10-7-14(17)11-18(23)13-5-8-15(21)9-6-13/h5-10,12H,11H2,1-4H3,(H,22,24). The summed E-state index contributed by atoms with van der Waals surface area (Å²) in [7, 11) is 1.53. The molecule has 1 amide bonds. The fourth-order valence-corrected chi connectivity index (χ4v) is 2.40. The number of anilines is 1. The van der Waals surface area contributed by atoms with Crippen LogP contribution in [0.1, 0.15) is 36.7 Å². The molecular formula is C20H22ClNO4. The van der Waals surface area contributed by atoms with Crippen LogP contribution in [0.2, 0.25) is 5.02 Å². The number of halogens is 1. The fourth-order valence-electron chi connectivity index (χ4n) is 2.28. The number of carbonyl (C=O) groups excluding carboxylic acids is 2. The van der Waals surface area contributed by atoms with Crippen LogP contribution in [0.4, 0.5) is 10.5 Å². The molecule has 0 spiro atoms. The predicted molar refractivity (Wildman–Crippen MR) is 102 cm³/mol. The van der Waals surface area contributed by atoms with Crippen LogP contribution in [0, 0.1) is 0 Å². The highest BCUT2D eigenvalue weighted by Gasteiger charge is 2.18. The first-order valence-corrected chi connectivity index (χ1v) is 8.51. The molecule has 6 heteroatoms. The average Bonchev–Trinajstić information content (AvgIpc) is 2.55. The Morgan fingerprint density at radius 2 is 1.73 bits per heavy atom. The fraction of sp³-hybridized carbons (Fsp3) is 0.300. The molecule has 2 aromatic rings. The molecule has 0 saturated carbocycles. The summed E-state index contributed by atoms with van der Waals surface area (Å²) < 4.78 is 10.5. The Morgan fingerprint density at radius 1 is 1.08 bits per heavy atom. The lowest BCUT2D eigenvalue weighted by Crippen LogP contribution is -2.27. The van der Waals surface area contributed by atoms with E-state index in [1.54, 1.807) is 63.2 Å². The molecule has 0 radical (unpaired) electrons. The van der Waals surface area contributed by atoms with Gasteiger partial charge in [0.25, 0.3) is 0 Å². The summed E-state index contributed by atoms with van der Waals surface area (Å²) in [5.74, 6) is 0.484. The molecule has 0 heterocycles. The molecule has 0 saturated heterocycles. The van der Waals surface area contributed by atoms with E-state index < -0.39 is 11.7 Å². The van der Waals surface area contributed by atoms with Crippen molar-refractivity contribution in [3.8, 4) is 5.75 Å². The topological polar surface area (TPSA) is 64.6 Å². The van der Waals surface area contributed by atoms with Crippen LogP contribution in [0.15, 0.2) is 42.5 Å². The molecular weight excluding hydrogens is 354 g/mol. The van der Waals surface area contributed by atoms with Crippen LogP contribution in [0.5, 0.6) is 5.75 Å². The second kappa shape index (κ2) is 8.23. The van der Waals surface area contributed by atoms with Crippen LogP contribution in [-0.4, -0.2) is 24.6 Å². The summed E-state index contributed by atoms with van der Waals surface area (Å²) in [6, 6.07) is 11.8. The monoisotopic (exact) mass is 375 g/mol. The zero-order valence-electron chi connectivity index (χ0n) is 15.3. The zero-order chi connectivity index (χ0) is 19.3. The first kappa shape index (κ1) is 19.8. The third kappa shape index (κ3) is 5.77. The lowest BCUT2D eigenvalue weighted by Gasteiger charge is -2.20. The highest BCUT2D eigenvalue weighted by atomic mass is 35.5. The van der Waals surface area contributed by atoms with Crippen LogP contribution in [0.3, 0.4) is 0 Å². The molecule has 0 unspecified atom stereocenters. The Hall–Kier alpha value is -2.53. The number of Topliss-reactive ketones (excluding diaryl/α,β-unsaturated/α-hetero) is 1. The molecule has 1 N–H and O–H groups in total. The number of benzene rings is 2. The lowest BCUT2D eigenvalue weighted by molar-refractivity contribution is 0.0635. The maximum Gasteiger partial charge on any atom is 0.412 e. The van der Waals surface area contributed by atoms with Gasteiger partial charge >= 0.3 is 6.09 Å². The smallest absolute Gasteiger partial charge is 0.412 e. The molecule has 0 aliphatic rings. The van der Waals surface area contributed by atoms with Crippen molar-refractivity contribution in [3.63, 3.8) is 0 Å². The summed E-state index contributed by atoms with van der Waals surface area (Å²) >= 11 is 5.86. The van der Waals surface area contributed by atoms with Gasteiger partial charge in [-0.05, 0) is 56.7 Å². The number of methoxy groups -OCH3 is 1. The van der Waals surface area contributed by atoms with Gasteiger partial charge in [0.1, 0.15) is 11.4 Å². The second-order valence-electron chi connectivity index (χ2n) is 6.76. The minimum absolute atomic E-state index is 0.0842. The molecule has 0 bridgehead atoms. The van der Waals surface area contributed by atoms with Crippen molar-refractivity contribution in [1.82, 2.24) is 0 Å². The maximum atomic E-state index is 12.5. The minimum Gasteiger partial charge on any atom is -0.497 e. The second-order valence-corrected chi connectivity index (χ2v) is 7.19. The van der Waals surface area contributed by atoms with Gasteiger partial charge in [-0.1, -0.05) is 17.7 Å². The van der Waals surface area contributed by atoms with Gasteiger partial charge in [-0.25, -0.2) is 4.79 Å². The largest absolute Gasteiger partial charge is 0.497 e. The van der Waals surface area contributed by atoms with Crippen molar-refractivity contribution in [2.24, 2.45) is 0 Å². The van der Waals surface area contributed by atoms with Gasteiger partial charge in [-0.3, -0.25) is 10.1 Å². The van der Waals surface area contributed by atoms with Crippen molar-refractivity contribution in [1.29, 1.82) is 0 Å². The Bertz CT molecular complexity index is 794. The van der Waals surface area contributed by atoms with Gasteiger partial charge < -0.3 is 9.47 Å². The molecule has 0 aromatic heterocycles. The molecule has 0 fully saturated rings. The van der Waals surface area contributed by atoms with Crippen LogP contribution < -0.4 is 10.1 Å². The van der Waals surface area contributed by atoms with E-state index in [4.69, 9.17) is 21.1 Å². The summed E-state index contributed by atoms with van der Waals surface area (Å²) in [4.78, 5) is 24.6. The van der Waals surface area contributed by atoms with Crippen molar-refractivity contribution in [3.05, 3.63) is 58.6 Å². The van der Waals surface area contributed by atoms with E-state index in [9.17, 15) is 9.59 Å². The first-order valence-electron chi connectivity index (χ1n) is 8.13. The average molecular weight is 376 g/mol. The zero-order valence-corrected chi connectivity index (χ0v) is 16.0. The van der Waals surface area contributed by atoms with Gasteiger partial charge in [0.2, 0.25) is 0 Å². The number of hydrogen-bond acceptors (Lipinski definition) is 4. The first-order chi connectivity index (χ1) is 12.2. The number of carbonyl (C=O) groups is 2. The van der Waals surface area contributed by atoms with E-state index in [1.165, 1.54) is 7.11 Å². The van der Waals surface area contributed by atoms with E-state index in [0.717, 1.165) is 0 Å². The van der Waals surface area contributed by atoms with Gasteiger partial charge in [0.15, 0.2) is 5.78 Å². The van der Waals surface area contributed by atoms with Gasteiger partial charge in [0.05, 0.1) is 12.8 Å². The number of rotatable bonds is 5. The lowest BCUT2D eigenvalue weighted by atomic mass is 10.0. The summed E-state index contributed by atoms with van der Waals surface area (Å²) in [5, 5.41) is 3.26. The maximum absolute atomic E-state index is 12.5. The van der Waals surface area contributed by atoms with Gasteiger partial charge in [0, 0.05) is 23.1 Å². The van der Waals surface area contributed by atoms with Crippen molar-refractivity contribution in [2.45, 2.75) is 32.8 Å². The van der Waals surface area contributed by atoms with E-state index in [-0.39, 0.29) is 12.2 Å². The molecule has 0 atom stereocenters. The van der Waals surface area contributed by atoms with Crippen molar-refractivity contribution >= 4 is 29.2 Å². The molecule has 0 aliphatic carbocycles. The summed E-state index contributed by atoms with van der Waals surface area (Å²) in [6.45, 7) is 5.34. The van der Waals surface area contributed by atoms with Gasteiger partial charge in [-0.15, -0.1) is 0 Å². The number of ether oxygens (including phenoxy) is 2. The highest BCUT2D eigenvalue weighted by molar-refractivity contribution is 6.30. The minimum atomic E-state index is -0.623. The quantitative estimate of drug-likeness (QED) is 0.736. The van der Waals surface area contributed by atoms with E-state index in [2.05, 4.69) is 5.32 Å². The molecule has 2 aromatic carbocycles. The summed E-state index contributed by atoms with van der Waals surface area (Å²) in [6.07, 6.45) is -0.470. The van der Waals surface area contributed by atoms with Crippen LogP contribution in [0.25, 0.3) is 0 Å². The molecule has 5 nitrogen and oxygen atoms in total. The number of ketones is 1. The molecule has 26 heavy (non-hydrogen) atoms. The Labute approximate surface area is 158 Å². The highest BCUT2D eigenvalue weighted by Crippen LogP contribution is 2.25. The summed E-state index contributed by atoms with van der Waals surface area (Å²) in [5.41, 5.74) is 1.06. The van der Waals surface area contributed by atoms with E-state index in [0.29, 0.717) is 27.6 Å². The number of amides is 1. The van der Waals surface area contributed by atoms with Crippen LogP contribution >= 0.6 is 11.6 Å². The molecule has 0 aliphatic heterocycles.